The van der Waals surface area contributed by atoms with Crippen LogP contribution in [0.2, 0.25) is 10.0 Å². The molecule has 3 rings (SSSR count). The number of ether oxygens (including phenoxy) is 1. The Morgan fingerprint density at radius 2 is 1.96 bits per heavy atom. The summed E-state index contributed by atoms with van der Waals surface area (Å²) in [5, 5.41) is 0.913. The molecule has 2 aromatic rings. The lowest BCUT2D eigenvalue weighted by Crippen LogP contribution is -2.44. The zero-order chi connectivity index (χ0) is 18.1. The van der Waals surface area contributed by atoms with Crippen molar-refractivity contribution in [2.75, 3.05) is 19.7 Å². The summed E-state index contributed by atoms with van der Waals surface area (Å²) in [4.78, 5) is 26.8. The van der Waals surface area contributed by atoms with Crippen LogP contribution in [0.15, 0.2) is 35.1 Å². The second-order valence-corrected chi connectivity index (χ2v) is 6.85. The molecule has 1 saturated heterocycles. The van der Waals surface area contributed by atoms with Gasteiger partial charge in [-0.15, -0.1) is 0 Å². The minimum atomic E-state index is -0.304. The molecule has 25 heavy (non-hydrogen) atoms. The van der Waals surface area contributed by atoms with Crippen LogP contribution in [0.25, 0.3) is 0 Å². The summed E-state index contributed by atoms with van der Waals surface area (Å²) in [6.45, 7) is 3.01. The van der Waals surface area contributed by atoms with Gasteiger partial charge in [-0.1, -0.05) is 29.3 Å². The number of halogens is 2. The highest BCUT2D eigenvalue weighted by Crippen LogP contribution is 2.29. The van der Waals surface area contributed by atoms with Gasteiger partial charge in [-0.25, -0.2) is 0 Å². The first-order valence-corrected chi connectivity index (χ1v) is 8.66. The van der Waals surface area contributed by atoms with Gasteiger partial charge in [0.05, 0.1) is 23.2 Å². The highest BCUT2D eigenvalue weighted by atomic mass is 35.5. The molecule has 132 valence electrons. The molecule has 1 amide bonds. The average molecular weight is 381 g/mol. The Morgan fingerprint density at radius 3 is 2.68 bits per heavy atom. The zero-order valence-corrected chi connectivity index (χ0v) is 15.5. The number of pyridine rings is 1. The molecule has 0 spiro atoms. The fourth-order valence-corrected chi connectivity index (χ4v) is 3.12. The van der Waals surface area contributed by atoms with Crippen molar-refractivity contribution in [3.05, 3.63) is 67.6 Å². The van der Waals surface area contributed by atoms with Gasteiger partial charge in [0.2, 0.25) is 0 Å². The van der Waals surface area contributed by atoms with E-state index in [0.717, 1.165) is 11.3 Å². The lowest BCUT2D eigenvalue weighted by molar-refractivity contribution is -0.0228. The van der Waals surface area contributed by atoms with Crippen molar-refractivity contribution in [1.82, 2.24) is 9.47 Å². The maximum Gasteiger partial charge on any atom is 0.263 e. The Morgan fingerprint density at radius 1 is 1.20 bits per heavy atom. The van der Waals surface area contributed by atoms with Crippen molar-refractivity contribution in [3.8, 4) is 0 Å². The van der Waals surface area contributed by atoms with Gasteiger partial charge in [0, 0.05) is 19.3 Å². The van der Waals surface area contributed by atoms with E-state index in [1.807, 2.05) is 13.0 Å². The molecule has 1 fully saturated rings. The lowest BCUT2D eigenvalue weighted by atomic mass is 10.1. The molecular formula is C18H18Cl2N2O3. The Hall–Kier alpha value is -1.82. The quantitative estimate of drug-likeness (QED) is 0.803. The molecule has 1 atom stereocenters. The average Bonchev–Trinajstić information content (AvgIpc) is 2.62. The second-order valence-electron chi connectivity index (χ2n) is 6.04. The monoisotopic (exact) mass is 380 g/mol. The van der Waals surface area contributed by atoms with Crippen molar-refractivity contribution in [2.45, 2.75) is 13.0 Å². The largest absolute Gasteiger partial charge is 0.370 e. The summed E-state index contributed by atoms with van der Waals surface area (Å²) in [5.74, 6) is -0.283. The van der Waals surface area contributed by atoms with Crippen molar-refractivity contribution >= 4 is 29.1 Å². The van der Waals surface area contributed by atoms with E-state index in [2.05, 4.69) is 0 Å². The van der Waals surface area contributed by atoms with Gasteiger partial charge in [-0.2, -0.15) is 0 Å². The third kappa shape index (κ3) is 3.59. The smallest absolute Gasteiger partial charge is 0.263 e. The first kappa shape index (κ1) is 18.0. The maximum atomic E-state index is 12.8. The summed E-state index contributed by atoms with van der Waals surface area (Å²) in [5.41, 5.74) is 1.53. The van der Waals surface area contributed by atoms with Gasteiger partial charge in [-0.05, 0) is 36.8 Å². The summed E-state index contributed by atoms with van der Waals surface area (Å²) < 4.78 is 7.25. The Bertz CT molecular complexity index is 879. The lowest BCUT2D eigenvalue weighted by Gasteiger charge is -2.33. The standard InChI is InChI=1S/C18H18Cl2N2O3/c1-11-3-5-13(17(23)21(11)2)18(24)22-7-8-25-16(10-22)12-4-6-14(19)15(20)9-12/h3-6,9,16H,7-8,10H2,1-2H3. The van der Waals surface area contributed by atoms with Crippen LogP contribution in [-0.4, -0.2) is 35.1 Å². The normalized spacial score (nSPS) is 17.6. The minimum Gasteiger partial charge on any atom is -0.370 e. The van der Waals surface area contributed by atoms with Gasteiger partial charge in [0.15, 0.2) is 0 Å². The van der Waals surface area contributed by atoms with Crippen LogP contribution in [0.3, 0.4) is 0 Å². The predicted octanol–water partition coefficient (Wildman–Crippen LogP) is 3.21. The molecule has 1 aliphatic heterocycles. The van der Waals surface area contributed by atoms with Crippen molar-refractivity contribution in [3.63, 3.8) is 0 Å². The van der Waals surface area contributed by atoms with Crippen molar-refractivity contribution < 1.29 is 9.53 Å². The Labute approximate surface area is 155 Å². The Balaban J connectivity index is 1.84. The number of carbonyl (C=O) groups is 1. The van der Waals surface area contributed by atoms with E-state index in [0.29, 0.717) is 29.7 Å². The molecule has 1 unspecified atom stereocenters. The number of rotatable bonds is 2. The van der Waals surface area contributed by atoms with E-state index in [9.17, 15) is 9.59 Å². The number of nitrogens with zero attached hydrogens (tertiary/aromatic N) is 2. The van der Waals surface area contributed by atoms with Crippen LogP contribution in [0, 0.1) is 6.92 Å². The van der Waals surface area contributed by atoms with E-state index in [1.54, 1.807) is 36.2 Å². The van der Waals surface area contributed by atoms with Crippen LogP contribution in [0.5, 0.6) is 0 Å². The molecule has 7 heteroatoms. The fraction of sp³-hybridized carbons (Fsp3) is 0.333. The molecule has 0 bridgehead atoms. The van der Waals surface area contributed by atoms with Crippen LogP contribution in [-0.2, 0) is 11.8 Å². The van der Waals surface area contributed by atoms with E-state index >= 15 is 0 Å². The highest BCUT2D eigenvalue weighted by molar-refractivity contribution is 6.42. The first-order valence-electron chi connectivity index (χ1n) is 7.91. The van der Waals surface area contributed by atoms with Gasteiger partial charge in [-0.3, -0.25) is 9.59 Å². The number of aryl methyl sites for hydroxylation is 1. The third-order valence-corrected chi connectivity index (χ3v) is 5.19. The molecule has 5 nitrogen and oxygen atoms in total. The SMILES string of the molecule is Cc1ccc(C(=O)N2CCOC(c3ccc(Cl)c(Cl)c3)C2)c(=O)n1C. The van der Waals surface area contributed by atoms with E-state index in [4.69, 9.17) is 27.9 Å². The number of hydrogen-bond acceptors (Lipinski definition) is 3. The van der Waals surface area contributed by atoms with Gasteiger partial charge in [0.25, 0.3) is 11.5 Å². The number of benzene rings is 1. The van der Waals surface area contributed by atoms with Gasteiger partial charge in [0.1, 0.15) is 11.7 Å². The summed E-state index contributed by atoms with van der Waals surface area (Å²) >= 11 is 12.0. The fourth-order valence-electron chi connectivity index (χ4n) is 2.81. The summed E-state index contributed by atoms with van der Waals surface area (Å²) in [6.07, 6.45) is -0.304. The number of hydrogen-bond donors (Lipinski definition) is 0. The van der Waals surface area contributed by atoms with Crippen molar-refractivity contribution in [2.24, 2.45) is 7.05 Å². The molecule has 1 aliphatic rings. The zero-order valence-electron chi connectivity index (χ0n) is 14.0. The highest BCUT2D eigenvalue weighted by Gasteiger charge is 2.28. The number of amides is 1. The van der Waals surface area contributed by atoms with Crippen LogP contribution >= 0.6 is 23.2 Å². The molecule has 0 saturated carbocycles. The van der Waals surface area contributed by atoms with Crippen LogP contribution in [0.1, 0.15) is 27.7 Å². The predicted molar refractivity (Wildman–Crippen MR) is 97.5 cm³/mol. The first-order chi connectivity index (χ1) is 11.9. The molecular weight excluding hydrogens is 363 g/mol. The van der Waals surface area contributed by atoms with Gasteiger partial charge >= 0.3 is 0 Å². The summed E-state index contributed by atoms with van der Waals surface area (Å²) in [7, 11) is 1.66. The Kier molecular flexibility index (Phi) is 5.18. The number of aromatic nitrogens is 1. The number of morpholine rings is 1. The second kappa shape index (κ2) is 7.20. The van der Waals surface area contributed by atoms with E-state index in [1.165, 1.54) is 4.57 Å². The topological polar surface area (TPSA) is 51.5 Å². The van der Waals surface area contributed by atoms with Crippen LogP contribution < -0.4 is 5.56 Å². The number of carbonyl (C=O) groups excluding carboxylic acids is 1. The summed E-state index contributed by atoms with van der Waals surface area (Å²) in [6, 6.07) is 8.64. The molecule has 1 aromatic carbocycles. The molecule has 2 heterocycles. The molecule has 0 aliphatic carbocycles. The van der Waals surface area contributed by atoms with Crippen molar-refractivity contribution in [1.29, 1.82) is 0 Å². The maximum absolute atomic E-state index is 12.8. The molecule has 1 aromatic heterocycles. The molecule has 0 radical (unpaired) electrons. The van der Waals surface area contributed by atoms with Gasteiger partial charge < -0.3 is 14.2 Å². The van der Waals surface area contributed by atoms with E-state index in [-0.39, 0.29) is 23.1 Å². The van der Waals surface area contributed by atoms with Crippen LogP contribution in [0.4, 0.5) is 0 Å². The third-order valence-electron chi connectivity index (χ3n) is 4.45. The molecule has 0 N–H and O–H groups in total. The minimum absolute atomic E-state index is 0.169. The van der Waals surface area contributed by atoms with E-state index < -0.39 is 0 Å².